The van der Waals surface area contributed by atoms with Crippen LogP contribution in [0.1, 0.15) is 47.8 Å². The number of ether oxygens (including phenoxy) is 1. The maximum Gasteiger partial charge on any atom is 0.412 e. The number of nitrogens with one attached hydrogen (secondary N) is 2. The highest BCUT2D eigenvalue weighted by molar-refractivity contribution is 5.97. The monoisotopic (exact) mass is 474 g/mol. The molecule has 5 rings (SSSR count). The van der Waals surface area contributed by atoms with Gasteiger partial charge in [-0.1, -0.05) is 62.4 Å². The third-order valence-corrected chi connectivity index (χ3v) is 6.93. The van der Waals surface area contributed by atoms with Crippen molar-refractivity contribution in [2.45, 2.75) is 32.2 Å². The molecule has 1 saturated heterocycles. The van der Waals surface area contributed by atoms with Gasteiger partial charge in [-0.05, 0) is 34.1 Å². The fourth-order valence-electron chi connectivity index (χ4n) is 5.17. The van der Waals surface area contributed by atoms with Crippen LogP contribution in [0.5, 0.6) is 0 Å². The van der Waals surface area contributed by atoms with Crippen molar-refractivity contribution in [1.82, 2.24) is 15.1 Å². The summed E-state index contributed by atoms with van der Waals surface area (Å²) in [6.07, 6.45) is -0.114. The Morgan fingerprint density at radius 2 is 1.74 bits per heavy atom. The summed E-state index contributed by atoms with van der Waals surface area (Å²) in [4.78, 5) is 38.5. The van der Waals surface area contributed by atoms with Crippen LogP contribution in [0.3, 0.4) is 0 Å². The predicted molar refractivity (Wildman–Crippen MR) is 128 cm³/mol. The molecule has 1 aliphatic heterocycles. The summed E-state index contributed by atoms with van der Waals surface area (Å²) in [6, 6.07) is 16.6. The molecule has 1 aliphatic carbocycles. The molecule has 35 heavy (non-hydrogen) atoms. The lowest BCUT2D eigenvalue weighted by molar-refractivity contribution is -0.144. The van der Waals surface area contributed by atoms with Crippen molar-refractivity contribution in [3.8, 4) is 11.1 Å². The topological polar surface area (TPSA) is 125 Å². The number of aliphatic carboxylic acids is 1. The lowest BCUT2D eigenvalue weighted by Gasteiger charge is -2.28. The predicted octanol–water partition coefficient (Wildman–Crippen LogP) is 4.10. The molecule has 2 amide bonds. The molecule has 1 aromatic heterocycles. The van der Waals surface area contributed by atoms with E-state index in [1.807, 2.05) is 50.2 Å². The Kier molecular flexibility index (Phi) is 5.55. The highest BCUT2D eigenvalue weighted by Crippen LogP contribution is 2.44. The van der Waals surface area contributed by atoms with Gasteiger partial charge in [-0.2, -0.15) is 5.10 Å². The summed E-state index contributed by atoms with van der Waals surface area (Å²) in [7, 11) is 0. The fourth-order valence-corrected chi connectivity index (χ4v) is 5.17. The molecule has 9 heteroatoms. The van der Waals surface area contributed by atoms with Gasteiger partial charge in [-0.25, -0.2) is 9.59 Å². The van der Waals surface area contributed by atoms with Gasteiger partial charge in [0.2, 0.25) is 0 Å². The number of fused-ring (bicyclic) bond motifs is 3. The number of hydrogen-bond acceptors (Lipinski definition) is 5. The Labute approximate surface area is 202 Å². The summed E-state index contributed by atoms with van der Waals surface area (Å²) >= 11 is 0. The van der Waals surface area contributed by atoms with E-state index in [1.54, 1.807) is 0 Å². The number of carbonyl (C=O) groups is 3. The van der Waals surface area contributed by atoms with Crippen LogP contribution < -0.4 is 5.32 Å². The fraction of sp³-hybridized carbons (Fsp3) is 0.308. The molecule has 2 aliphatic rings. The van der Waals surface area contributed by atoms with E-state index in [0.29, 0.717) is 13.0 Å². The van der Waals surface area contributed by atoms with Crippen LogP contribution >= 0.6 is 0 Å². The van der Waals surface area contributed by atoms with Gasteiger partial charge in [0.05, 0.1) is 0 Å². The molecular formula is C26H26N4O5. The van der Waals surface area contributed by atoms with Gasteiger partial charge < -0.3 is 14.7 Å². The summed E-state index contributed by atoms with van der Waals surface area (Å²) in [5, 5.41) is 18.7. The Morgan fingerprint density at radius 3 is 2.37 bits per heavy atom. The first-order valence-electron chi connectivity index (χ1n) is 11.5. The van der Waals surface area contributed by atoms with Gasteiger partial charge in [-0.3, -0.25) is 15.2 Å². The Balaban J connectivity index is 1.24. The number of carbonyl (C=O) groups excluding carboxylic acids is 2. The van der Waals surface area contributed by atoms with E-state index in [-0.39, 0.29) is 24.0 Å². The lowest BCUT2D eigenvalue weighted by Crippen LogP contribution is -2.46. The van der Waals surface area contributed by atoms with E-state index in [2.05, 4.69) is 27.6 Å². The number of anilines is 1. The Bertz CT molecular complexity index is 1270. The standard InChI is InChI=1S/C26H26N4O5/c1-26(2)11-12-30(22(26)24(32)33)23(31)20-13-21(29-28-20)27-25(34)35-14-19-17-9-5-3-7-15(17)16-8-4-6-10-18(16)19/h3-10,13,19,22H,11-12,14H2,1-2H3,(H,32,33)(H2,27,28,29,34). The second kappa shape index (κ2) is 8.57. The van der Waals surface area contributed by atoms with Crippen LogP contribution in [0, 0.1) is 5.41 Å². The van der Waals surface area contributed by atoms with Crippen molar-refractivity contribution in [1.29, 1.82) is 0 Å². The zero-order valence-corrected chi connectivity index (χ0v) is 19.4. The number of aromatic nitrogens is 2. The summed E-state index contributed by atoms with van der Waals surface area (Å²) < 4.78 is 5.51. The lowest BCUT2D eigenvalue weighted by atomic mass is 9.85. The van der Waals surface area contributed by atoms with Crippen LogP contribution in [-0.2, 0) is 9.53 Å². The molecule has 1 atom stereocenters. The first kappa shape index (κ1) is 22.6. The normalized spacial score (nSPS) is 18.1. The van der Waals surface area contributed by atoms with E-state index in [4.69, 9.17) is 4.74 Å². The third kappa shape index (κ3) is 4.03. The van der Waals surface area contributed by atoms with Crippen LogP contribution in [0.15, 0.2) is 54.6 Å². The summed E-state index contributed by atoms with van der Waals surface area (Å²) in [5.74, 6) is -1.47. The number of aromatic amines is 1. The van der Waals surface area contributed by atoms with Crippen LogP contribution in [0.4, 0.5) is 10.6 Å². The van der Waals surface area contributed by atoms with Gasteiger partial charge >= 0.3 is 12.1 Å². The van der Waals surface area contributed by atoms with E-state index >= 15 is 0 Å². The third-order valence-electron chi connectivity index (χ3n) is 6.93. The summed E-state index contributed by atoms with van der Waals surface area (Å²) in [6.45, 7) is 4.14. The van der Waals surface area contributed by atoms with E-state index in [9.17, 15) is 19.5 Å². The highest BCUT2D eigenvalue weighted by atomic mass is 16.5. The van der Waals surface area contributed by atoms with E-state index in [1.165, 1.54) is 11.0 Å². The Morgan fingerprint density at radius 1 is 1.11 bits per heavy atom. The molecule has 0 bridgehead atoms. The van der Waals surface area contributed by atoms with Crippen LogP contribution in [0.25, 0.3) is 11.1 Å². The molecule has 3 N–H and O–H groups in total. The average molecular weight is 475 g/mol. The smallest absolute Gasteiger partial charge is 0.412 e. The highest BCUT2D eigenvalue weighted by Gasteiger charge is 2.47. The minimum atomic E-state index is -1.04. The first-order valence-corrected chi connectivity index (χ1v) is 11.5. The zero-order chi connectivity index (χ0) is 24.7. The molecule has 2 heterocycles. The molecule has 0 saturated carbocycles. The molecule has 2 aromatic carbocycles. The molecule has 3 aromatic rings. The Hall–Kier alpha value is -4.14. The molecular weight excluding hydrogens is 448 g/mol. The number of carboxylic acids is 1. The van der Waals surface area contributed by atoms with Crippen molar-refractivity contribution in [3.05, 3.63) is 71.4 Å². The number of hydrogen-bond donors (Lipinski definition) is 3. The SMILES string of the molecule is CC1(C)CCN(C(=O)c2cc(NC(=O)OCC3c4ccccc4-c4ccccc43)n[nH]2)C1C(=O)O. The van der Waals surface area contributed by atoms with Gasteiger partial charge in [0.1, 0.15) is 18.3 Å². The van der Waals surface area contributed by atoms with Crippen molar-refractivity contribution < 1.29 is 24.2 Å². The van der Waals surface area contributed by atoms with Crippen LogP contribution in [0.2, 0.25) is 0 Å². The molecule has 1 fully saturated rings. The van der Waals surface area contributed by atoms with E-state index in [0.717, 1.165) is 22.3 Å². The van der Waals surface area contributed by atoms with E-state index < -0.39 is 29.4 Å². The molecule has 0 radical (unpaired) electrons. The number of likely N-dealkylation sites (tertiary alicyclic amines) is 1. The number of rotatable bonds is 5. The van der Waals surface area contributed by atoms with Crippen molar-refractivity contribution >= 4 is 23.8 Å². The molecule has 180 valence electrons. The van der Waals surface area contributed by atoms with Gasteiger partial charge in [0, 0.05) is 18.5 Å². The molecule has 1 unspecified atom stereocenters. The average Bonchev–Trinajstić information content (AvgIpc) is 3.51. The number of H-pyrrole nitrogens is 1. The van der Waals surface area contributed by atoms with Crippen molar-refractivity contribution in [2.75, 3.05) is 18.5 Å². The maximum atomic E-state index is 12.9. The molecule has 9 nitrogen and oxygen atoms in total. The van der Waals surface area contributed by atoms with Crippen molar-refractivity contribution in [3.63, 3.8) is 0 Å². The minimum Gasteiger partial charge on any atom is -0.480 e. The maximum absolute atomic E-state index is 12.9. The second-order valence-corrected chi connectivity index (χ2v) is 9.60. The van der Waals surface area contributed by atoms with Crippen LogP contribution in [-0.4, -0.2) is 57.4 Å². The van der Waals surface area contributed by atoms with Gasteiger partial charge in [-0.15, -0.1) is 0 Å². The van der Waals surface area contributed by atoms with Gasteiger partial charge in [0.15, 0.2) is 5.82 Å². The van der Waals surface area contributed by atoms with Crippen molar-refractivity contribution in [2.24, 2.45) is 5.41 Å². The number of nitrogens with zero attached hydrogens (tertiary/aromatic N) is 2. The number of benzene rings is 2. The number of carboxylic acid groups (broad SMARTS) is 1. The number of amides is 2. The first-order chi connectivity index (χ1) is 16.8. The second-order valence-electron chi connectivity index (χ2n) is 9.60. The molecule has 0 spiro atoms. The summed E-state index contributed by atoms with van der Waals surface area (Å²) in [5.41, 5.74) is 4.05. The van der Waals surface area contributed by atoms with Gasteiger partial charge in [0.25, 0.3) is 5.91 Å². The minimum absolute atomic E-state index is 0.0732. The quantitative estimate of drug-likeness (QED) is 0.511. The largest absolute Gasteiger partial charge is 0.480 e. The zero-order valence-electron chi connectivity index (χ0n) is 19.4.